The minimum absolute atomic E-state index is 1.21. The average molecular weight is 340 g/mol. The highest BCUT2D eigenvalue weighted by Crippen LogP contribution is 2.10. The van der Waals surface area contributed by atoms with E-state index >= 15 is 0 Å². The van der Waals surface area contributed by atoms with Crippen LogP contribution in [0.2, 0.25) is 0 Å². The molecule has 0 aromatic carbocycles. The van der Waals surface area contributed by atoms with Crippen molar-refractivity contribution in [1.82, 2.24) is 4.90 Å². The lowest BCUT2D eigenvalue weighted by molar-refractivity contribution is -0.482. The fourth-order valence-electron chi connectivity index (χ4n) is 2.65. The van der Waals surface area contributed by atoms with E-state index in [2.05, 4.69) is 29.8 Å². The second-order valence-corrected chi connectivity index (χ2v) is 6.31. The van der Waals surface area contributed by atoms with Gasteiger partial charge in [0.25, 0.3) is 0 Å². The second kappa shape index (κ2) is 13.7. The van der Waals surface area contributed by atoms with E-state index in [4.69, 9.17) is 0 Å². The Hall–Kier alpha value is -0.745. The van der Waals surface area contributed by atoms with Crippen molar-refractivity contribution in [3.63, 3.8) is 0 Å². The van der Waals surface area contributed by atoms with Gasteiger partial charge in [0.2, 0.25) is 6.34 Å². The minimum Gasteiger partial charge on any atom is -0.418 e. The molecule has 0 fully saturated rings. The number of likely N-dealkylation sites (N-methyl/N-ethyl adjacent to an activating group) is 1. The third-order valence-corrected chi connectivity index (χ3v) is 3.90. The molecule has 0 aromatic heterocycles. The van der Waals surface area contributed by atoms with Gasteiger partial charge in [0.1, 0.15) is 13.1 Å². The smallest absolute Gasteiger partial charge is 0.418 e. The van der Waals surface area contributed by atoms with E-state index in [1.54, 1.807) is 0 Å². The van der Waals surface area contributed by atoms with Gasteiger partial charge in [-0.2, -0.15) is 0 Å². The van der Waals surface area contributed by atoms with Crippen LogP contribution < -0.4 is 0 Å². The zero-order valence-corrected chi connectivity index (χ0v) is 14.8. The molecule has 23 heavy (non-hydrogen) atoms. The number of unbranched alkanes of at least 4 members (excludes halogenated alkanes) is 9. The summed E-state index contributed by atoms with van der Waals surface area (Å²) in [6.07, 6.45) is 16.6. The SMILES string of the molecule is CCCCCCCCCCCCN1C=[N+](C)CC1.F[B-](F)(F)F. The number of hydrogen-bond acceptors (Lipinski definition) is 1. The van der Waals surface area contributed by atoms with Crippen LogP contribution in [0.5, 0.6) is 0 Å². The summed E-state index contributed by atoms with van der Waals surface area (Å²) in [5.41, 5.74) is 0. The molecule has 0 spiro atoms. The van der Waals surface area contributed by atoms with Gasteiger partial charge >= 0.3 is 7.25 Å². The summed E-state index contributed by atoms with van der Waals surface area (Å²) in [5, 5.41) is 0. The third kappa shape index (κ3) is 19.2. The molecule has 0 amide bonds. The van der Waals surface area contributed by atoms with Crippen LogP contribution in [-0.4, -0.2) is 49.8 Å². The molecular formula is C16H33BF4N2. The Morgan fingerprint density at radius 1 is 0.870 bits per heavy atom. The van der Waals surface area contributed by atoms with Crippen LogP contribution in [0.15, 0.2) is 0 Å². The van der Waals surface area contributed by atoms with Crippen molar-refractivity contribution in [2.75, 3.05) is 26.7 Å². The first-order valence-corrected chi connectivity index (χ1v) is 8.99. The second-order valence-electron chi connectivity index (χ2n) is 6.31. The largest absolute Gasteiger partial charge is 0.673 e. The van der Waals surface area contributed by atoms with Crippen LogP contribution in [-0.2, 0) is 0 Å². The maximum Gasteiger partial charge on any atom is 0.673 e. The van der Waals surface area contributed by atoms with E-state index in [1.165, 1.54) is 83.8 Å². The van der Waals surface area contributed by atoms with Gasteiger partial charge < -0.3 is 17.3 Å². The van der Waals surface area contributed by atoms with Crippen molar-refractivity contribution in [2.45, 2.75) is 71.1 Å². The Labute approximate surface area is 139 Å². The Bertz CT molecular complexity index is 303. The molecule has 0 saturated heterocycles. The molecule has 0 aliphatic carbocycles. The normalized spacial score (nSPS) is 14.5. The minimum atomic E-state index is -6.00. The van der Waals surface area contributed by atoms with Crippen LogP contribution in [0.4, 0.5) is 17.3 Å². The van der Waals surface area contributed by atoms with Gasteiger partial charge in [-0.1, -0.05) is 58.3 Å². The monoisotopic (exact) mass is 340 g/mol. The molecule has 0 N–H and O–H groups in total. The lowest BCUT2D eigenvalue weighted by atomic mass is 10.1. The predicted octanol–water partition coefficient (Wildman–Crippen LogP) is 5.19. The highest BCUT2D eigenvalue weighted by atomic mass is 19.5. The fourth-order valence-corrected chi connectivity index (χ4v) is 2.65. The highest BCUT2D eigenvalue weighted by Gasteiger charge is 2.20. The van der Waals surface area contributed by atoms with E-state index in [-0.39, 0.29) is 0 Å². The number of nitrogens with zero attached hydrogens (tertiary/aromatic N) is 2. The zero-order valence-electron chi connectivity index (χ0n) is 14.8. The molecule has 0 aromatic rings. The molecule has 0 radical (unpaired) electrons. The van der Waals surface area contributed by atoms with Crippen molar-refractivity contribution in [3.8, 4) is 0 Å². The zero-order chi connectivity index (χ0) is 17.6. The fraction of sp³-hybridized carbons (Fsp3) is 0.938. The van der Waals surface area contributed by atoms with Crippen molar-refractivity contribution in [3.05, 3.63) is 0 Å². The molecule has 0 saturated carbocycles. The van der Waals surface area contributed by atoms with Gasteiger partial charge in [-0.15, -0.1) is 0 Å². The maximum atomic E-state index is 9.75. The van der Waals surface area contributed by atoms with Crippen molar-refractivity contribution in [2.24, 2.45) is 0 Å². The Kier molecular flexibility index (Phi) is 13.2. The van der Waals surface area contributed by atoms with Gasteiger partial charge in [-0.3, -0.25) is 9.48 Å². The van der Waals surface area contributed by atoms with Crippen molar-refractivity contribution in [1.29, 1.82) is 0 Å². The van der Waals surface area contributed by atoms with Gasteiger partial charge in [0.05, 0.1) is 13.6 Å². The molecule has 1 rings (SSSR count). The van der Waals surface area contributed by atoms with Crippen LogP contribution in [0.25, 0.3) is 0 Å². The molecule has 7 heteroatoms. The van der Waals surface area contributed by atoms with E-state index in [0.29, 0.717) is 0 Å². The van der Waals surface area contributed by atoms with E-state index in [9.17, 15) is 17.3 Å². The summed E-state index contributed by atoms with van der Waals surface area (Å²) in [6, 6.07) is 0. The summed E-state index contributed by atoms with van der Waals surface area (Å²) in [4.78, 5) is 2.46. The molecule has 2 nitrogen and oxygen atoms in total. The molecular weight excluding hydrogens is 307 g/mol. The quantitative estimate of drug-likeness (QED) is 0.217. The number of halogens is 4. The van der Waals surface area contributed by atoms with Crippen LogP contribution in [0.1, 0.15) is 71.1 Å². The molecule has 1 heterocycles. The standard InChI is InChI=1S/C16H33N2.BF4/c1-3-4-5-6-7-8-9-10-11-12-13-18-15-14-17(2)16-18;2-1(3,4)5/h16H,3-15H2,1-2H3;/q+1;-1. The highest BCUT2D eigenvalue weighted by molar-refractivity contribution is 6.50. The molecule has 1 aliphatic heterocycles. The summed E-state index contributed by atoms with van der Waals surface area (Å²) >= 11 is 0. The first-order valence-electron chi connectivity index (χ1n) is 8.99. The van der Waals surface area contributed by atoms with Crippen molar-refractivity contribution < 1.29 is 21.8 Å². The third-order valence-electron chi connectivity index (χ3n) is 3.90. The van der Waals surface area contributed by atoms with Crippen molar-refractivity contribution >= 4 is 13.6 Å². The Balaban J connectivity index is 0.000000841. The predicted molar refractivity (Wildman–Crippen MR) is 90.7 cm³/mol. The van der Waals surface area contributed by atoms with E-state index < -0.39 is 7.25 Å². The molecule has 1 aliphatic rings. The molecule has 0 atom stereocenters. The van der Waals surface area contributed by atoms with Crippen LogP contribution in [0.3, 0.4) is 0 Å². The summed E-state index contributed by atoms with van der Waals surface area (Å²) in [6.45, 7) is 5.99. The van der Waals surface area contributed by atoms with Crippen LogP contribution >= 0.6 is 0 Å². The van der Waals surface area contributed by atoms with Gasteiger partial charge in [-0.05, 0) is 12.8 Å². The lowest BCUT2D eigenvalue weighted by Crippen LogP contribution is -2.20. The lowest BCUT2D eigenvalue weighted by Gasteiger charge is -2.06. The van der Waals surface area contributed by atoms with Crippen LogP contribution in [0, 0.1) is 0 Å². The van der Waals surface area contributed by atoms with Gasteiger partial charge in [-0.25, -0.2) is 0 Å². The average Bonchev–Trinajstić information content (AvgIpc) is 2.85. The first kappa shape index (κ1) is 22.3. The molecule has 138 valence electrons. The van der Waals surface area contributed by atoms with E-state index in [0.717, 1.165) is 0 Å². The van der Waals surface area contributed by atoms with E-state index in [1.807, 2.05) is 0 Å². The summed E-state index contributed by atoms with van der Waals surface area (Å²) < 4.78 is 41.3. The maximum absolute atomic E-state index is 9.75. The first-order chi connectivity index (χ1) is 10.8. The summed E-state index contributed by atoms with van der Waals surface area (Å²) in [7, 11) is -3.83. The molecule has 0 unspecified atom stereocenters. The number of hydrogen-bond donors (Lipinski definition) is 0. The number of rotatable bonds is 11. The van der Waals surface area contributed by atoms with Gasteiger partial charge in [0, 0.05) is 0 Å². The molecule has 0 bridgehead atoms. The topological polar surface area (TPSA) is 6.25 Å². The Morgan fingerprint density at radius 3 is 1.70 bits per heavy atom. The Morgan fingerprint density at radius 2 is 1.30 bits per heavy atom. The summed E-state index contributed by atoms with van der Waals surface area (Å²) in [5.74, 6) is 0. The van der Waals surface area contributed by atoms with Gasteiger partial charge in [0.15, 0.2) is 0 Å².